The van der Waals surface area contributed by atoms with Gasteiger partial charge in [0.25, 0.3) is 0 Å². The summed E-state index contributed by atoms with van der Waals surface area (Å²) < 4.78 is 7.44. The van der Waals surface area contributed by atoms with Gasteiger partial charge in [0.1, 0.15) is 6.61 Å². The summed E-state index contributed by atoms with van der Waals surface area (Å²) >= 11 is 13.9. The van der Waals surface area contributed by atoms with Crippen molar-refractivity contribution in [2.24, 2.45) is 11.8 Å². The van der Waals surface area contributed by atoms with E-state index in [0.29, 0.717) is 5.92 Å². The molecule has 226 valence electrons. The number of ether oxygens (including phenoxy) is 1. The van der Waals surface area contributed by atoms with Gasteiger partial charge in [0, 0.05) is 51.1 Å². The summed E-state index contributed by atoms with van der Waals surface area (Å²) in [5, 5.41) is 3.75. The van der Waals surface area contributed by atoms with Gasteiger partial charge < -0.3 is 15.0 Å². The number of pyridine rings is 1. The van der Waals surface area contributed by atoms with Crippen LogP contribution in [-0.4, -0.2) is 41.0 Å². The lowest BCUT2D eigenvalue weighted by Crippen LogP contribution is -2.45. The summed E-state index contributed by atoms with van der Waals surface area (Å²) in [5.41, 5.74) is 5.99. The van der Waals surface area contributed by atoms with Gasteiger partial charge in [-0.2, -0.15) is 0 Å². The molecule has 1 aromatic heterocycles. The molecule has 2 fully saturated rings. The molecule has 1 N–H and O–H groups in total. The zero-order valence-corrected chi connectivity index (χ0v) is 28.0. The third kappa shape index (κ3) is 7.12. The van der Waals surface area contributed by atoms with Crippen LogP contribution in [-0.2, 0) is 29.0 Å². The van der Waals surface area contributed by atoms with Crippen LogP contribution < -0.4 is 5.32 Å². The highest BCUT2D eigenvalue weighted by Gasteiger charge is 2.38. The van der Waals surface area contributed by atoms with E-state index in [1.165, 1.54) is 16.7 Å². The van der Waals surface area contributed by atoms with Crippen LogP contribution in [0.15, 0.2) is 63.7 Å². The molecule has 6 nitrogen and oxygen atoms in total. The first kappa shape index (κ1) is 30.6. The maximum absolute atomic E-state index is 13.6. The van der Waals surface area contributed by atoms with Gasteiger partial charge in [-0.3, -0.25) is 9.78 Å². The first-order valence-electron chi connectivity index (χ1n) is 15.2. The number of amides is 2. The number of carbonyl (C=O) groups is 2. The second kappa shape index (κ2) is 13.7. The van der Waals surface area contributed by atoms with Crippen LogP contribution in [0, 0.1) is 11.8 Å². The molecule has 0 radical (unpaired) electrons. The first-order chi connectivity index (χ1) is 20.9. The lowest BCUT2D eigenvalue weighted by Gasteiger charge is -2.39. The van der Waals surface area contributed by atoms with Crippen LogP contribution in [0.25, 0.3) is 0 Å². The predicted octanol–water partition coefficient (Wildman–Crippen LogP) is 8.21. The standard InChI is InChI=1S/C34H36Br2ClN3O3/c35-26-16-25-7-6-24-17-27(37)18-29(36)30(24)31(32(25)38-19-26)22-12-14-40(15-13-22)33(41)23-8-10-28(11-9-23)39-34(42)43-20-21-4-2-1-3-5-21/h1-5,16-19,22-23,28,31H,6-15,20H2,(H,39,42)/t23?,28?,31-/m1/s1. The van der Waals surface area contributed by atoms with Crippen molar-refractivity contribution in [1.29, 1.82) is 0 Å². The Balaban J connectivity index is 1.05. The van der Waals surface area contributed by atoms with Crippen LogP contribution in [0.5, 0.6) is 0 Å². The highest BCUT2D eigenvalue weighted by Crippen LogP contribution is 2.46. The van der Waals surface area contributed by atoms with Crippen LogP contribution >= 0.6 is 43.5 Å². The molecule has 9 heteroatoms. The summed E-state index contributed by atoms with van der Waals surface area (Å²) in [7, 11) is 0. The molecule has 1 saturated heterocycles. The van der Waals surface area contributed by atoms with Gasteiger partial charge in [-0.25, -0.2) is 4.79 Å². The lowest BCUT2D eigenvalue weighted by atomic mass is 9.76. The molecule has 2 aliphatic carbocycles. The molecule has 3 aliphatic rings. The maximum atomic E-state index is 13.6. The van der Waals surface area contributed by atoms with Crippen LogP contribution in [0.1, 0.15) is 72.4 Å². The number of nitrogens with zero attached hydrogens (tertiary/aromatic N) is 2. The Morgan fingerprint density at radius 3 is 2.42 bits per heavy atom. The fraction of sp³-hybridized carbons (Fsp3) is 0.441. The first-order valence-corrected chi connectivity index (χ1v) is 17.2. The van der Waals surface area contributed by atoms with Gasteiger partial charge in [-0.1, -0.05) is 57.9 Å². The van der Waals surface area contributed by atoms with Crippen molar-refractivity contribution in [3.8, 4) is 0 Å². The van der Waals surface area contributed by atoms with E-state index in [-0.39, 0.29) is 30.4 Å². The number of nitrogens with one attached hydrogen (secondary N) is 1. The molecule has 0 bridgehead atoms. The van der Waals surface area contributed by atoms with Crippen molar-refractivity contribution >= 4 is 55.5 Å². The number of aromatic nitrogens is 1. The minimum absolute atomic E-state index is 0.0181. The number of alkyl carbamates (subject to hydrolysis) is 1. The maximum Gasteiger partial charge on any atom is 0.407 e. The average Bonchev–Trinajstić information content (AvgIpc) is 3.17. The van der Waals surface area contributed by atoms with Gasteiger partial charge in [-0.15, -0.1) is 0 Å². The van der Waals surface area contributed by atoms with Crippen LogP contribution in [0.2, 0.25) is 5.02 Å². The quantitative estimate of drug-likeness (QED) is 0.288. The second-order valence-corrected chi connectivity index (χ2v) is 14.3. The fourth-order valence-corrected chi connectivity index (χ4v) is 8.66. The van der Waals surface area contributed by atoms with Gasteiger partial charge in [0.15, 0.2) is 0 Å². The topological polar surface area (TPSA) is 71.5 Å². The highest BCUT2D eigenvalue weighted by atomic mass is 79.9. The van der Waals surface area contributed by atoms with E-state index in [1.807, 2.05) is 42.6 Å². The lowest BCUT2D eigenvalue weighted by molar-refractivity contribution is -0.138. The largest absolute Gasteiger partial charge is 0.445 e. The van der Waals surface area contributed by atoms with Crippen molar-refractivity contribution in [2.45, 2.75) is 69.9 Å². The number of likely N-dealkylation sites (tertiary alicyclic amines) is 1. The number of hydrogen-bond acceptors (Lipinski definition) is 4. The molecule has 2 heterocycles. The number of aryl methyl sites for hydroxylation is 2. The van der Waals surface area contributed by atoms with E-state index < -0.39 is 6.09 Å². The van der Waals surface area contributed by atoms with Crippen molar-refractivity contribution in [2.75, 3.05) is 13.1 Å². The SMILES string of the molecule is O=C(NC1CCC(C(=O)N2CCC([C@H]3c4ncc(Br)cc4CCc4cc(Cl)cc(Br)c43)CC2)CC1)OCc1ccccc1. The number of fused-ring (bicyclic) bond motifs is 2. The van der Waals surface area contributed by atoms with E-state index in [1.54, 1.807) is 0 Å². The third-order valence-electron chi connectivity index (χ3n) is 9.35. The molecular weight excluding hydrogens is 694 g/mol. The molecule has 3 aromatic rings. The number of halogens is 3. The van der Waals surface area contributed by atoms with Gasteiger partial charge in [-0.05, 0) is 114 Å². The monoisotopic (exact) mass is 727 g/mol. The number of hydrogen-bond donors (Lipinski definition) is 1. The molecule has 2 aromatic carbocycles. The average molecular weight is 730 g/mol. The third-order valence-corrected chi connectivity index (χ3v) is 10.7. The summed E-state index contributed by atoms with van der Waals surface area (Å²) in [6.45, 7) is 1.78. The Morgan fingerprint density at radius 2 is 1.67 bits per heavy atom. The van der Waals surface area contributed by atoms with E-state index in [0.717, 1.165) is 89.7 Å². The van der Waals surface area contributed by atoms with Gasteiger partial charge >= 0.3 is 6.09 Å². The number of rotatable bonds is 5. The van der Waals surface area contributed by atoms with Gasteiger partial charge in [0.2, 0.25) is 5.91 Å². The minimum Gasteiger partial charge on any atom is -0.445 e. The Bertz CT molecular complexity index is 1470. The number of carbonyl (C=O) groups excluding carboxylic acids is 2. The molecular formula is C34H36Br2ClN3O3. The summed E-state index contributed by atoms with van der Waals surface area (Å²) in [5.74, 6) is 0.824. The predicted molar refractivity (Wildman–Crippen MR) is 175 cm³/mol. The van der Waals surface area contributed by atoms with Crippen molar-refractivity contribution in [1.82, 2.24) is 15.2 Å². The molecule has 6 rings (SSSR count). The normalized spacial score (nSPS) is 22.2. The van der Waals surface area contributed by atoms with Crippen LogP contribution in [0.4, 0.5) is 4.79 Å². The highest BCUT2D eigenvalue weighted by molar-refractivity contribution is 9.10. The van der Waals surface area contributed by atoms with E-state index in [9.17, 15) is 9.59 Å². The summed E-state index contributed by atoms with van der Waals surface area (Å²) in [6, 6.07) is 16.0. The molecule has 1 atom stereocenters. The molecule has 1 aliphatic heterocycles. The second-order valence-electron chi connectivity index (χ2n) is 12.1. The molecule has 0 unspecified atom stereocenters. The summed E-state index contributed by atoms with van der Waals surface area (Å²) in [6.07, 6.45) is 8.41. The van der Waals surface area contributed by atoms with E-state index in [2.05, 4.69) is 54.2 Å². The van der Waals surface area contributed by atoms with Crippen molar-refractivity contribution < 1.29 is 14.3 Å². The Hall–Kier alpha value is -2.42. The number of benzene rings is 2. The van der Waals surface area contributed by atoms with E-state index in [4.69, 9.17) is 21.3 Å². The smallest absolute Gasteiger partial charge is 0.407 e. The molecule has 43 heavy (non-hydrogen) atoms. The zero-order chi connectivity index (χ0) is 29.9. The number of piperidine rings is 1. The van der Waals surface area contributed by atoms with Crippen molar-refractivity contribution in [3.05, 3.63) is 96.6 Å². The Labute approximate surface area is 275 Å². The Morgan fingerprint density at radius 1 is 0.953 bits per heavy atom. The molecule has 2 amide bonds. The van der Waals surface area contributed by atoms with E-state index >= 15 is 0 Å². The van der Waals surface area contributed by atoms with Gasteiger partial charge in [0.05, 0.1) is 5.69 Å². The fourth-order valence-electron chi connectivity index (χ4n) is 7.16. The molecule has 0 spiro atoms. The summed E-state index contributed by atoms with van der Waals surface area (Å²) in [4.78, 5) is 32.9. The minimum atomic E-state index is -0.391. The zero-order valence-electron chi connectivity index (χ0n) is 24.0. The van der Waals surface area contributed by atoms with Crippen molar-refractivity contribution in [3.63, 3.8) is 0 Å². The van der Waals surface area contributed by atoms with Crippen LogP contribution in [0.3, 0.4) is 0 Å². The molecule has 1 saturated carbocycles. The Kier molecular flexibility index (Phi) is 9.75.